The Morgan fingerprint density at radius 1 is 1.06 bits per heavy atom. The first-order valence-electron chi connectivity index (χ1n) is 5.71. The van der Waals surface area contributed by atoms with E-state index in [4.69, 9.17) is 5.73 Å². The van der Waals surface area contributed by atoms with Crippen LogP contribution < -0.4 is 5.73 Å². The molecule has 1 aromatic heterocycles. The first kappa shape index (κ1) is 11.5. The molecule has 4 nitrogen and oxygen atoms in total. The fraction of sp³-hybridized carbons (Fsp3) is 0.308. The van der Waals surface area contributed by atoms with Crippen LogP contribution in [0.15, 0.2) is 30.3 Å². The number of aromatic nitrogens is 3. The minimum atomic E-state index is 0.287. The second-order valence-corrected chi connectivity index (χ2v) is 4.40. The van der Waals surface area contributed by atoms with Crippen molar-refractivity contribution < 1.29 is 0 Å². The summed E-state index contributed by atoms with van der Waals surface area (Å²) < 4.78 is 0. The van der Waals surface area contributed by atoms with Gasteiger partial charge in [-0.05, 0) is 5.92 Å². The van der Waals surface area contributed by atoms with Crippen LogP contribution in [0.1, 0.15) is 19.7 Å². The summed E-state index contributed by atoms with van der Waals surface area (Å²) in [7, 11) is 0. The summed E-state index contributed by atoms with van der Waals surface area (Å²) in [6.45, 7) is 4.25. The van der Waals surface area contributed by atoms with Gasteiger partial charge in [-0.25, -0.2) is 4.98 Å². The summed E-state index contributed by atoms with van der Waals surface area (Å²) in [6.07, 6.45) is 0.812. The molecule has 4 heteroatoms. The molecule has 0 aliphatic heterocycles. The van der Waals surface area contributed by atoms with Crippen LogP contribution in [-0.4, -0.2) is 15.0 Å². The Morgan fingerprint density at radius 3 is 2.41 bits per heavy atom. The molecular formula is C13H16N4. The maximum Gasteiger partial charge on any atom is 0.223 e. The molecule has 0 spiro atoms. The molecule has 0 atom stereocenters. The highest BCUT2D eigenvalue weighted by atomic mass is 15.1. The van der Waals surface area contributed by atoms with Gasteiger partial charge in [0.1, 0.15) is 5.82 Å². The van der Waals surface area contributed by atoms with E-state index in [-0.39, 0.29) is 5.95 Å². The first-order valence-corrected chi connectivity index (χ1v) is 5.71. The molecular weight excluding hydrogens is 212 g/mol. The predicted molar refractivity (Wildman–Crippen MR) is 68.2 cm³/mol. The van der Waals surface area contributed by atoms with E-state index in [1.807, 2.05) is 30.3 Å². The van der Waals surface area contributed by atoms with Gasteiger partial charge in [-0.2, -0.15) is 9.97 Å². The van der Waals surface area contributed by atoms with E-state index in [0.29, 0.717) is 11.7 Å². The largest absolute Gasteiger partial charge is 0.368 e. The predicted octanol–water partition coefficient (Wildman–Crippen LogP) is 2.32. The first-order chi connectivity index (χ1) is 8.15. The number of nitrogen functional groups attached to an aromatic ring is 1. The Balaban J connectivity index is 2.38. The molecule has 0 aliphatic rings. The van der Waals surface area contributed by atoms with Crippen molar-refractivity contribution >= 4 is 5.95 Å². The van der Waals surface area contributed by atoms with E-state index >= 15 is 0 Å². The van der Waals surface area contributed by atoms with E-state index < -0.39 is 0 Å². The lowest BCUT2D eigenvalue weighted by Gasteiger charge is -2.06. The zero-order valence-corrected chi connectivity index (χ0v) is 10.1. The second-order valence-electron chi connectivity index (χ2n) is 4.40. The van der Waals surface area contributed by atoms with Crippen molar-refractivity contribution in [3.63, 3.8) is 0 Å². The Hall–Kier alpha value is -1.97. The zero-order valence-electron chi connectivity index (χ0n) is 10.1. The molecule has 1 aromatic carbocycles. The molecule has 0 bridgehead atoms. The van der Waals surface area contributed by atoms with Crippen molar-refractivity contribution in [2.75, 3.05) is 5.73 Å². The van der Waals surface area contributed by atoms with E-state index in [2.05, 4.69) is 28.8 Å². The van der Waals surface area contributed by atoms with Crippen molar-refractivity contribution in [3.8, 4) is 11.4 Å². The fourth-order valence-electron chi connectivity index (χ4n) is 1.61. The molecule has 2 rings (SSSR count). The van der Waals surface area contributed by atoms with Gasteiger partial charge in [0.15, 0.2) is 5.82 Å². The number of rotatable bonds is 3. The molecule has 0 radical (unpaired) electrons. The van der Waals surface area contributed by atoms with E-state index in [0.717, 1.165) is 17.8 Å². The molecule has 0 aliphatic carbocycles. The van der Waals surface area contributed by atoms with Crippen LogP contribution in [0.5, 0.6) is 0 Å². The summed E-state index contributed by atoms with van der Waals surface area (Å²) in [5.41, 5.74) is 6.67. The number of hydrogen-bond donors (Lipinski definition) is 1. The monoisotopic (exact) mass is 228 g/mol. The third kappa shape index (κ3) is 3.00. The third-order valence-electron chi connectivity index (χ3n) is 2.32. The molecule has 0 unspecified atom stereocenters. The molecule has 0 saturated heterocycles. The maximum atomic E-state index is 5.71. The van der Waals surface area contributed by atoms with E-state index in [9.17, 15) is 0 Å². The summed E-state index contributed by atoms with van der Waals surface area (Å²) in [5, 5.41) is 0. The van der Waals surface area contributed by atoms with Gasteiger partial charge in [-0.15, -0.1) is 0 Å². The van der Waals surface area contributed by atoms with Crippen molar-refractivity contribution in [2.45, 2.75) is 20.3 Å². The summed E-state index contributed by atoms with van der Waals surface area (Å²) in [6, 6.07) is 9.81. The lowest BCUT2D eigenvalue weighted by Crippen LogP contribution is -2.07. The smallest absolute Gasteiger partial charge is 0.223 e. The second kappa shape index (κ2) is 4.91. The molecule has 0 fully saturated rings. The Labute approximate surface area is 101 Å². The van der Waals surface area contributed by atoms with Crippen molar-refractivity contribution in [3.05, 3.63) is 36.2 Å². The number of nitrogens with zero attached hydrogens (tertiary/aromatic N) is 3. The lowest BCUT2D eigenvalue weighted by molar-refractivity contribution is 0.619. The highest BCUT2D eigenvalue weighted by Gasteiger charge is 2.07. The number of benzene rings is 1. The van der Waals surface area contributed by atoms with Crippen molar-refractivity contribution in [1.82, 2.24) is 15.0 Å². The van der Waals surface area contributed by atoms with E-state index in [1.54, 1.807) is 0 Å². The number of nitrogens with two attached hydrogens (primary N) is 1. The SMILES string of the molecule is CC(C)Cc1nc(N)nc(-c2ccccc2)n1. The van der Waals surface area contributed by atoms with Crippen LogP contribution in [0.4, 0.5) is 5.95 Å². The highest BCUT2D eigenvalue weighted by Crippen LogP contribution is 2.15. The van der Waals surface area contributed by atoms with Crippen LogP contribution in [0, 0.1) is 5.92 Å². The van der Waals surface area contributed by atoms with Crippen molar-refractivity contribution in [2.24, 2.45) is 5.92 Å². The van der Waals surface area contributed by atoms with Crippen LogP contribution in [0.2, 0.25) is 0 Å². The minimum Gasteiger partial charge on any atom is -0.368 e. The van der Waals surface area contributed by atoms with Gasteiger partial charge in [0.25, 0.3) is 0 Å². The van der Waals surface area contributed by atoms with Gasteiger partial charge in [0.2, 0.25) is 5.95 Å². The quantitative estimate of drug-likeness (QED) is 0.875. The molecule has 0 amide bonds. The summed E-state index contributed by atoms with van der Waals surface area (Å²) >= 11 is 0. The van der Waals surface area contributed by atoms with E-state index in [1.165, 1.54) is 0 Å². The Kier molecular flexibility index (Phi) is 3.32. The summed E-state index contributed by atoms with van der Waals surface area (Å²) in [5.74, 6) is 2.19. The maximum absolute atomic E-state index is 5.71. The average Bonchev–Trinajstić information content (AvgIpc) is 2.28. The molecule has 2 N–H and O–H groups in total. The minimum absolute atomic E-state index is 0.287. The van der Waals surface area contributed by atoms with Gasteiger partial charge < -0.3 is 5.73 Å². The van der Waals surface area contributed by atoms with Crippen LogP contribution in [0.25, 0.3) is 11.4 Å². The molecule has 88 valence electrons. The highest BCUT2D eigenvalue weighted by molar-refractivity contribution is 5.55. The third-order valence-corrected chi connectivity index (χ3v) is 2.32. The molecule has 0 saturated carbocycles. The normalized spacial score (nSPS) is 10.8. The van der Waals surface area contributed by atoms with Crippen LogP contribution in [0.3, 0.4) is 0 Å². The fourth-order valence-corrected chi connectivity index (χ4v) is 1.61. The van der Waals surface area contributed by atoms with Gasteiger partial charge in [-0.3, -0.25) is 0 Å². The Bertz CT molecular complexity index is 494. The Morgan fingerprint density at radius 2 is 1.76 bits per heavy atom. The molecule has 17 heavy (non-hydrogen) atoms. The summed E-state index contributed by atoms with van der Waals surface area (Å²) in [4.78, 5) is 12.8. The van der Waals surface area contributed by atoms with Gasteiger partial charge in [0, 0.05) is 12.0 Å². The van der Waals surface area contributed by atoms with Crippen molar-refractivity contribution in [1.29, 1.82) is 0 Å². The number of anilines is 1. The molecule has 2 aromatic rings. The van der Waals surface area contributed by atoms with Crippen LogP contribution >= 0.6 is 0 Å². The lowest BCUT2D eigenvalue weighted by atomic mass is 10.1. The number of hydrogen-bond acceptors (Lipinski definition) is 4. The standard InChI is InChI=1S/C13H16N4/c1-9(2)8-11-15-12(17-13(14)16-11)10-6-4-3-5-7-10/h3-7,9H,8H2,1-2H3,(H2,14,15,16,17). The topological polar surface area (TPSA) is 64.7 Å². The van der Waals surface area contributed by atoms with Gasteiger partial charge in [0.05, 0.1) is 0 Å². The van der Waals surface area contributed by atoms with Crippen LogP contribution in [-0.2, 0) is 6.42 Å². The van der Waals surface area contributed by atoms with Gasteiger partial charge in [-0.1, -0.05) is 44.2 Å². The van der Waals surface area contributed by atoms with Gasteiger partial charge >= 0.3 is 0 Å². The average molecular weight is 228 g/mol. The zero-order chi connectivity index (χ0) is 12.3. The molecule has 1 heterocycles.